The number of anilines is 1. The fourth-order valence-electron chi connectivity index (χ4n) is 1.76. The normalized spacial score (nSPS) is 10.5. The molecule has 0 aliphatic rings. The molecule has 0 aliphatic heterocycles. The Labute approximate surface area is 133 Å². The van der Waals surface area contributed by atoms with Crippen LogP contribution in [0.2, 0.25) is 0 Å². The maximum atomic E-state index is 12.2. The van der Waals surface area contributed by atoms with Gasteiger partial charge in [-0.25, -0.2) is 0 Å². The maximum Gasteiger partial charge on any atom is 0.255 e. The number of ether oxygens (including phenoxy) is 1. The van der Waals surface area contributed by atoms with Crippen LogP contribution in [0.15, 0.2) is 53.0 Å². The van der Waals surface area contributed by atoms with Gasteiger partial charge in [-0.15, -0.1) is 0 Å². The number of halogens is 1. The molecule has 2 aromatic rings. The molecule has 0 spiro atoms. The van der Waals surface area contributed by atoms with Crippen LogP contribution in [0, 0.1) is 5.92 Å². The van der Waals surface area contributed by atoms with Crippen LogP contribution < -0.4 is 10.1 Å². The van der Waals surface area contributed by atoms with Crippen molar-refractivity contribution in [2.45, 2.75) is 13.8 Å². The Morgan fingerprint density at radius 2 is 1.95 bits per heavy atom. The second-order valence-electron chi connectivity index (χ2n) is 5.20. The van der Waals surface area contributed by atoms with Crippen molar-refractivity contribution in [1.82, 2.24) is 0 Å². The van der Waals surface area contributed by atoms with E-state index in [-0.39, 0.29) is 5.91 Å². The monoisotopic (exact) mass is 347 g/mol. The first-order chi connectivity index (χ1) is 10.0. The van der Waals surface area contributed by atoms with Crippen molar-refractivity contribution in [2.24, 2.45) is 5.92 Å². The Morgan fingerprint density at radius 1 is 1.19 bits per heavy atom. The molecule has 2 aromatic carbocycles. The van der Waals surface area contributed by atoms with E-state index in [0.29, 0.717) is 18.1 Å². The summed E-state index contributed by atoms with van der Waals surface area (Å²) in [5.41, 5.74) is 1.33. The lowest BCUT2D eigenvalue weighted by Crippen LogP contribution is -2.12. The molecule has 0 bridgehead atoms. The van der Waals surface area contributed by atoms with Gasteiger partial charge in [-0.05, 0) is 36.2 Å². The maximum absolute atomic E-state index is 12.2. The van der Waals surface area contributed by atoms with Crippen molar-refractivity contribution in [3.8, 4) is 5.75 Å². The van der Waals surface area contributed by atoms with E-state index in [1.54, 1.807) is 12.1 Å². The molecule has 21 heavy (non-hydrogen) atoms. The third-order valence-corrected chi connectivity index (χ3v) is 3.26. The van der Waals surface area contributed by atoms with E-state index >= 15 is 0 Å². The molecule has 4 heteroatoms. The molecule has 0 unspecified atom stereocenters. The topological polar surface area (TPSA) is 38.3 Å². The molecule has 3 nitrogen and oxygen atoms in total. The highest BCUT2D eigenvalue weighted by Crippen LogP contribution is 2.19. The van der Waals surface area contributed by atoms with Gasteiger partial charge in [0, 0.05) is 21.8 Å². The zero-order valence-electron chi connectivity index (χ0n) is 12.1. The van der Waals surface area contributed by atoms with E-state index in [1.807, 2.05) is 36.4 Å². The van der Waals surface area contributed by atoms with Gasteiger partial charge in [-0.3, -0.25) is 4.79 Å². The molecule has 0 atom stereocenters. The second kappa shape index (κ2) is 7.27. The van der Waals surface area contributed by atoms with Crippen molar-refractivity contribution in [2.75, 3.05) is 11.9 Å². The first-order valence-corrected chi connectivity index (χ1v) is 7.63. The second-order valence-corrected chi connectivity index (χ2v) is 6.11. The molecule has 110 valence electrons. The fraction of sp³-hybridized carbons (Fsp3) is 0.235. The molecular formula is C17H18BrNO2. The zero-order valence-corrected chi connectivity index (χ0v) is 13.7. The van der Waals surface area contributed by atoms with E-state index in [0.717, 1.165) is 15.9 Å². The lowest BCUT2D eigenvalue weighted by atomic mass is 10.2. The van der Waals surface area contributed by atoms with Gasteiger partial charge in [-0.2, -0.15) is 0 Å². The summed E-state index contributed by atoms with van der Waals surface area (Å²) in [6.07, 6.45) is 0. The Bertz CT molecular complexity index is 626. The van der Waals surface area contributed by atoms with Crippen molar-refractivity contribution in [1.29, 1.82) is 0 Å². The van der Waals surface area contributed by atoms with Crippen LogP contribution in [0.1, 0.15) is 24.2 Å². The van der Waals surface area contributed by atoms with Gasteiger partial charge in [0.05, 0.1) is 6.61 Å². The van der Waals surface area contributed by atoms with Gasteiger partial charge >= 0.3 is 0 Å². The molecule has 1 amide bonds. The summed E-state index contributed by atoms with van der Waals surface area (Å²) in [5.74, 6) is 1.08. The summed E-state index contributed by atoms with van der Waals surface area (Å²) in [6, 6.07) is 14.7. The average molecular weight is 348 g/mol. The Hall–Kier alpha value is -1.81. The smallest absolute Gasteiger partial charge is 0.255 e. The summed E-state index contributed by atoms with van der Waals surface area (Å²) in [6.45, 7) is 4.85. The number of rotatable bonds is 5. The average Bonchev–Trinajstić information content (AvgIpc) is 2.45. The molecule has 1 N–H and O–H groups in total. The Kier molecular flexibility index (Phi) is 5.39. The molecule has 0 heterocycles. The number of nitrogens with one attached hydrogen (secondary N) is 1. The summed E-state index contributed by atoms with van der Waals surface area (Å²) < 4.78 is 6.53. The quantitative estimate of drug-likeness (QED) is 0.848. The van der Waals surface area contributed by atoms with Gasteiger partial charge in [0.15, 0.2) is 0 Å². The number of amides is 1. The number of carbonyl (C=O) groups is 1. The van der Waals surface area contributed by atoms with E-state index in [2.05, 4.69) is 35.1 Å². The van der Waals surface area contributed by atoms with Gasteiger partial charge in [-0.1, -0.05) is 41.9 Å². The summed E-state index contributed by atoms with van der Waals surface area (Å²) in [5, 5.41) is 2.87. The van der Waals surface area contributed by atoms with Crippen molar-refractivity contribution >= 4 is 27.5 Å². The number of benzene rings is 2. The molecule has 2 rings (SSSR count). The van der Waals surface area contributed by atoms with Gasteiger partial charge < -0.3 is 10.1 Å². The van der Waals surface area contributed by atoms with E-state index in [1.165, 1.54) is 0 Å². The summed E-state index contributed by atoms with van der Waals surface area (Å²) in [7, 11) is 0. The van der Waals surface area contributed by atoms with Crippen LogP contribution in [0.3, 0.4) is 0 Å². The number of carbonyl (C=O) groups excluding carboxylic acids is 1. The Morgan fingerprint density at radius 3 is 2.67 bits per heavy atom. The minimum atomic E-state index is -0.141. The van der Waals surface area contributed by atoms with Gasteiger partial charge in [0.25, 0.3) is 5.91 Å². The Balaban J connectivity index is 2.05. The zero-order chi connectivity index (χ0) is 15.2. The minimum Gasteiger partial charge on any atom is -0.493 e. The van der Waals surface area contributed by atoms with Gasteiger partial charge in [0.1, 0.15) is 5.75 Å². The molecular weight excluding hydrogens is 330 g/mol. The number of hydrogen-bond donors (Lipinski definition) is 1. The molecule has 0 fully saturated rings. The van der Waals surface area contributed by atoms with Crippen LogP contribution in [-0.4, -0.2) is 12.5 Å². The SMILES string of the molecule is CC(C)COc1cccc(NC(=O)c2cccc(Br)c2)c1. The third-order valence-electron chi connectivity index (χ3n) is 2.76. The molecule has 0 aliphatic carbocycles. The van der Waals surface area contributed by atoms with E-state index in [4.69, 9.17) is 4.74 Å². The predicted octanol–water partition coefficient (Wildman–Crippen LogP) is 4.74. The van der Waals surface area contributed by atoms with Crippen molar-refractivity contribution in [3.05, 3.63) is 58.6 Å². The molecule has 0 aromatic heterocycles. The standard InChI is InChI=1S/C17H18BrNO2/c1-12(2)11-21-16-8-4-7-15(10-16)19-17(20)13-5-3-6-14(18)9-13/h3-10,12H,11H2,1-2H3,(H,19,20). The predicted molar refractivity (Wildman–Crippen MR) is 88.9 cm³/mol. The number of hydrogen-bond acceptors (Lipinski definition) is 2. The van der Waals surface area contributed by atoms with E-state index < -0.39 is 0 Å². The van der Waals surface area contributed by atoms with Crippen LogP contribution in [0.4, 0.5) is 5.69 Å². The minimum absolute atomic E-state index is 0.141. The highest BCUT2D eigenvalue weighted by molar-refractivity contribution is 9.10. The largest absolute Gasteiger partial charge is 0.493 e. The van der Waals surface area contributed by atoms with Crippen molar-refractivity contribution < 1.29 is 9.53 Å². The van der Waals surface area contributed by atoms with Crippen molar-refractivity contribution in [3.63, 3.8) is 0 Å². The molecule has 0 saturated carbocycles. The lowest BCUT2D eigenvalue weighted by molar-refractivity contribution is 0.102. The first kappa shape index (κ1) is 15.6. The van der Waals surface area contributed by atoms with Gasteiger partial charge in [0.2, 0.25) is 0 Å². The molecule has 0 saturated heterocycles. The summed E-state index contributed by atoms with van der Waals surface area (Å²) >= 11 is 3.36. The first-order valence-electron chi connectivity index (χ1n) is 6.84. The third kappa shape index (κ3) is 4.90. The lowest BCUT2D eigenvalue weighted by Gasteiger charge is -2.11. The fourth-order valence-corrected chi connectivity index (χ4v) is 2.16. The highest BCUT2D eigenvalue weighted by atomic mass is 79.9. The van der Waals surface area contributed by atoms with E-state index in [9.17, 15) is 4.79 Å². The molecule has 0 radical (unpaired) electrons. The van der Waals surface area contributed by atoms with Crippen LogP contribution >= 0.6 is 15.9 Å². The van der Waals surface area contributed by atoms with Crippen LogP contribution in [-0.2, 0) is 0 Å². The van der Waals surface area contributed by atoms with Crippen LogP contribution in [0.25, 0.3) is 0 Å². The summed E-state index contributed by atoms with van der Waals surface area (Å²) in [4.78, 5) is 12.2. The van der Waals surface area contributed by atoms with Crippen LogP contribution in [0.5, 0.6) is 5.75 Å². The highest BCUT2D eigenvalue weighted by Gasteiger charge is 2.07.